The lowest BCUT2D eigenvalue weighted by Gasteiger charge is -1.99. The average Bonchev–Trinajstić information content (AvgIpc) is 2.75. The summed E-state index contributed by atoms with van der Waals surface area (Å²) in [7, 11) is 0. The molecule has 2 rings (SSSR count). The summed E-state index contributed by atoms with van der Waals surface area (Å²) in [5, 5.41) is 10.4. The third kappa shape index (κ3) is 1.70. The lowest BCUT2D eigenvalue weighted by atomic mass is 10.1. The van der Waals surface area contributed by atoms with E-state index in [0.717, 1.165) is 5.56 Å². The van der Waals surface area contributed by atoms with Gasteiger partial charge in [-0.1, -0.05) is 12.1 Å². The van der Waals surface area contributed by atoms with Crippen molar-refractivity contribution in [3.63, 3.8) is 0 Å². The second-order valence-electron chi connectivity index (χ2n) is 3.37. The molecule has 1 aliphatic carbocycles. The third-order valence-electron chi connectivity index (χ3n) is 2.33. The van der Waals surface area contributed by atoms with Gasteiger partial charge in [-0.25, -0.2) is 0 Å². The van der Waals surface area contributed by atoms with Gasteiger partial charge in [-0.15, -0.1) is 23.2 Å². The van der Waals surface area contributed by atoms with Crippen LogP contribution in [0.15, 0.2) is 24.3 Å². The Balaban J connectivity index is 2.20. The van der Waals surface area contributed by atoms with Gasteiger partial charge in [0.05, 0.1) is 4.92 Å². The molecule has 1 fully saturated rings. The van der Waals surface area contributed by atoms with E-state index >= 15 is 0 Å². The monoisotopic (exact) mass is 231 g/mol. The summed E-state index contributed by atoms with van der Waals surface area (Å²) in [4.78, 5) is 9.95. The van der Waals surface area contributed by atoms with Gasteiger partial charge >= 0.3 is 0 Å². The molecule has 1 aliphatic rings. The van der Waals surface area contributed by atoms with E-state index in [-0.39, 0.29) is 11.6 Å². The maximum atomic E-state index is 10.4. The van der Waals surface area contributed by atoms with Crippen molar-refractivity contribution in [2.24, 2.45) is 0 Å². The van der Waals surface area contributed by atoms with E-state index in [9.17, 15) is 10.1 Å². The number of nitro groups is 1. The van der Waals surface area contributed by atoms with Crippen LogP contribution in [0.1, 0.15) is 17.9 Å². The van der Waals surface area contributed by atoms with Crippen molar-refractivity contribution in [2.75, 3.05) is 0 Å². The van der Waals surface area contributed by atoms with Gasteiger partial charge in [0, 0.05) is 18.1 Å². The van der Waals surface area contributed by atoms with Crippen molar-refractivity contribution < 1.29 is 4.92 Å². The number of non-ortho nitro benzene ring substituents is 1. The van der Waals surface area contributed by atoms with Crippen molar-refractivity contribution in [3.05, 3.63) is 39.9 Å². The molecule has 0 aromatic heterocycles. The van der Waals surface area contributed by atoms with E-state index < -0.39 is 9.26 Å². The maximum absolute atomic E-state index is 10.4. The fraction of sp³-hybridized carbons (Fsp3) is 0.333. The maximum Gasteiger partial charge on any atom is 0.269 e. The van der Waals surface area contributed by atoms with Crippen molar-refractivity contribution in [1.82, 2.24) is 0 Å². The molecular formula is C9H7Cl2NO2. The van der Waals surface area contributed by atoms with E-state index in [0.29, 0.717) is 6.42 Å². The van der Waals surface area contributed by atoms with Crippen LogP contribution in [0.25, 0.3) is 0 Å². The average molecular weight is 232 g/mol. The van der Waals surface area contributed by atoms with E-state index in [1.165, 1.54) is 12.1 Å². The van der Waals surface area contributed by atoms with E-state index in [2.05, 4.69) is 0 Å². The molecule has 0 unspecified atom stereocenters. The summed E-state index contributed by atoms with van der Waals surface area (Å²) in [6, 6.07) is 6.35. The number of rotatable bonds is 2. The van der Waals surface area contributed by atoms with E-state index in [1.54, 1.807) is 12.1 Å². The second kappa shape index (κ2) is 3.11. The highest BCUT2D eigenvalue weighted by Crippen LogP contribution is 2.59. The summed E-state index contributed by atoms with van der Waals surface area (Å²) in [6.07, 6.45) is 0.716. The number of benzene rings is 1. The molecule has 0 aliphatic heterocycles. The van der Waals surface area contributed by atoms with E-state index in [1.807, 2.05) is 0 Å². The molecule has 0 amide bonds. The highest BCUT2D eigenvalue weighted by Gasteiger charge is 2.52. The van der Waals surface area contributed by atoms with Gasteiger partial charge in [0.2, 0.25) is 0 Å². The minimum Gasteiger partial charge on any atom is -0.258 e. The largest absolute Gasteiger partial charge is 0.269 e. The quantitative estimate of drug-likeness (QED) is 0.446. The molecule has 0 heterocycles. The molecular weight excluding hydrogens is 225 g/mol. The number of hydrogen-bond acceptors (Lipinski definition) is 2. The first-order valence-corrected chi connectivity index (χ1v) is 4.88. The van der Waals surface area contributed by atoms with Gasteiger partial charge in [-0.3, -0.25) is 10.1 Å². The molecule has 0 saturated heterocycles. The molecule has 0 N–H and O–H groups in total. The lowest BCUT2D eigenvalue weighted by Crippen LogP contribution is -1.91. The van der Waals surface area contributed by atoms with Crippen molar-refractivity contribution >= 4 is 28.9 Å². The summed E-state index contributed by atoms with van der Waals surface area (Å²) >= 11 is 11.8. The van der Waals surface area contributed by atoms with Gasteiger partial charge in [0.1, 0.15) is 4.33 Å². The SMILES string of the molecule is O=[N+]([O-])c1ccc([C@H]2CC2(Cl)Cl)cc1. The Bertz CT molecular complexity index is 375. The first-order valence-electron chi connectivity index (χ1n) is 4.13. The van der Waals surface area contributed by atoms with Crippen molar-refractivity contribution in [2.45, 2.75) is 16.7 Å². The third-order valence-corrected chi connectivity index (χ3v) is 3.17. The zero-order valence-electron chi connectivity index (χ0n) is 7.11. The van der Waals surface area contributed by atoms with Crippen molar-refractivity contribution in [3.8, 4) is 0 Å². The Hall–Kier alpha value is -0.800. The van der Waals surface area contributed by atoms with Crippen LogP contribution in [0.2, 0.25) is 0 Å². The van der Waals surface area contributed by atoms with Crippen LogP contribution in [-0.2, 0) is 0 Å². The minimum atomic E-state index is -0.671. The fourth-order valence-corrected chi connectivity index (χ4v) is 1.96. The Morgan fingerprint density at radius 2 is 1.86 bits per heavy atom. The second-order valence-corrected chi connectivity index (χ2v) is 4.91. The number of hydrogen-bond donors (Lipinski definition) is 0. The van der Waals surface area contributed by atoms with Gasteiger partial charge in [0.25, 0.3) is 5.69 Å². The predicted molar refractivity (Wildman–Crippen MR) is 54.9 cm³/mol. The lowest BCUT2D eigenvalue weighted by molar-refractivity contribution is -0.384. The molecule has 1 atom stereocenters. The summed E-state index contributed by atoms with van der Waals surface area (Å²) in [5.41, 5.74) is 1.05. The van der Waals surface area contributed by atoms with Crippen LogP contribution < -0.4 is 0 Å². The normalized spacial score (nSPS) is 23.1. The molecule has 14 heavy (non-hydrogen) atoms. The van der Waals surface area contributed by atoms with Gasteiger partial charge in [-0.05, 0) is 12.0 Å². The Morgan fingerprint density at radius 1 is 1.36 bits per heavy atom. The highest BCUT2D eigenvalue weighted by atomic mass is 35.5. The van der Waals surface area contributed by atoms with Crippen LogP contribution in [-0.4, -0.2) is 9.26 Å². The predicted octanol–water partition coefficient (Wildman–Crippen LogP) is 3.26. The molecule has 0 radical (unpaired) electrons. The zero-order chi connectivity index (χ0) is 10.3. The smallest absolute Gasteiger partial charge is 0.258 e. The van der Waals surface area contributed by atoms with Gasteiger partial charge in [-0.2, -0.15) is 0 Å². The molecule has 1 aromatic rings. The molecule has 3 nitrogen and oxygen atoms in total. The molecule has 1 saturated carbocycles. The molecule has 0 spiro atoms. The standard InChI is InChI=1S/C9H7Cl2NO2/c10-9(11)5-8(9)6-1-3-7(4-2-6)12(13)14/h1-4,8H,5H2/t8-/m1/s1. The van der Waals surface area contributed by atoms with Gasteiger partial charge < -0.3 is 0 Å². The minimum absolute atomic E-state index is 0.0872. The number of nitrogens with zero attached hydrogens (tertiary/aromatic N) is 1. The topological polar surface area (TPSA) is 43.1 Å². The molecule has 74 valence electrons. The van der Waals surface area contributed by atoms with Crippen LogP contribution in [0.4, 0.5) is 5.69 Å². The van der Waals surface area contributed by atoms with Crippen LogP contribution in [0.5, 0.6) is 0 Å². The van der Waals surface area contributed by atoms with Crippen molar-refractivity contribution in [1.29, 1.82) is 0 Å². The fourth-order valence-electron chi connectivity index (χ4n) is 1.40. The van der Waals surface area contributed by atoms with Gasteiger partial charge in [0.15, 0.2) is 0 Å². The van der Waals surface area contributed by atoms with Crippen LogP contribution >= 0.6 is 23.2 Å². The van der Waals surface area contributed by atoms with Crippen LogP contribution in [0.3, 0.4) is 0 Å². The first kappa shape index (κ1) is 9.74. The summed E-state index contributed by atoms with van der Waals surface area (Å²) < 4.78 is -0.671. The van der Waals surface area contributed by atoms with Crippen LogP contribution in [0, 0.1) is 10.1 Å². The zero-order valence-corrected chi connectivity index (χ0v) is 8.63. The first-order chi connectivity index (χ1) is 6.50. The van der Waals surface area contributed by atoms with E-state index in [4.69, 9.17) is 23.2 Å². The number of halogens is 2. The molecule has 0 bridgehead atoms. The Morgan fingerprint density at radius 3 is 2.21 bits per heavy atom. The summed E-state index contributed by atoms with van der Waals surface area (Å²) in [5.74, 6) is 0.117. The number of alkyl halides is 2. The Kier molecular flexibility index (Phi) is 2.16. The number of nitro benzene ring substituents is 1. The molecule has 5 heteroatoms. The Labute approximate surface area is 90.8 Å². The molecule has 1 aromatic carbocycles. The summed E-state index contributed by atoms with van der Waals surface area (Å²) in [6.45, 7) is 0. The highest BCUT2D eigenvalue weighted by molar-refractivity contribution is 6.51.